The Kier molecular flexibility index (Phi) is 4.29. The maximum absolute atomic E-state index is 12.2. The first-order valence-corrected chi connectivity index (χ1v) is 8.02. The zero-order valence-corrected chi connectivity index (χ0v) is 13.1. The maximum Gasteiger partial charge on any atom is 0.225 e. The van der Waals surface area contributed by atoms with Crippen molar-refractivity contribution in [2.45, 2.75) is 38.1 Å². The minimum atomic E-state index is 0.305. The third kappa shape index (κ3) is 3.12. The van der Waals surface area contributed by atoms with Gasteiger partial charge in [-0.15, -0.1) is 0 Å². The third-order valence-electron chi connectivity index (χ3n) is 4.70. The van der Waals surface area contributed by atoms with Crippen molar-refractivity contribution >= 4 is 23.5 Å². The monoisotopic (exact) mass is 308 g/mol. The van der Waals surface area contributed by atoms with Crippen molar-refractivity contribution < 1.29 is 4.79 Å². The van der Waals surface area contributed by atoms with E-state index in [1.807, 2.05) is 11.9 Å². The van der Waals surface area contributed by atoms with Crippen LogP contribution in [0.4, 0.5) is 5.95 Å². The van der Waals surface area contributed by atoms with E-state index in [2.05, 4.69) is 14.9 Å². The number of nitrogens with zero attached hydrogens (tertiary/aromatic N) is 4. The summed E-state index contributed by atoms with van der Waals surface area (Å²) in [6.45, 7) is 1.69. The van der Waals surface area contributed by atoms with Gasteiger partial charge in [-0.1, -0.05) is 18.0 Å². The molecule has 0 atom stereocenters. The molecule has 0 spiro atoms. The topological polar surface area (TPSA) is 49.3 Å². The van der Waals surface area contributed by atoms with Gasteiger partial charge in [-0.2, -0.15) is 0 Å². The lowest BCUT2D eigenvalue weighted by Crippen LogP contribution is -2.48. The molecule has 3 rings (SSSR count). The van der Waals surface area contributed by atoms with Gasteiger partial charge >= 0.3 is 0 Å². The Bertz CT molecular complexity index is 495. The molecule has 1 amide bonds. The average molecular weight is 309 g/mol. The fraction of sp³-hybridized carbons (Fsp3) is 0.667. The second-order valence-electron chi connectivity index (χ2n) is 6.00. The van der Waals surface area contributed by atoms with E-state index in [9.17, 15) is 4.79 Å². The van der Waals surface area contributed by atoms with Gasteiger partial charge in [0.1, 0.15) is 0 Å². The molecule has 0 unspecified atom stereocenters. The zero-order valence-electron chi connectivity index (χ0n) is 12.3. The lowest BCUT2D eigenvalue weighted by atomic mass is 9.84. The second-order valence-corrected chi connectivity index (χ2v) is 6.43. The number of rotatable bonds is 3. The minimum Gasteiger partial charge on any atom is -0.342 e. The molecular formula is C15H21ClN4O. The van der Waals surface area contributed by atoms with E-state index < -0.39 is 0 Å². The summed E-state index contributed by atoms with van der Waals surface area (Å²) in [4.78, 5) is 24.9. The quantitative estimate of drug-likeness (QED) is 0.860. The van der Waals surface area contributed by atoms with E-state index in [1.54, 1.807) is 12.4 Å². The van der Waals surface area contributed by atoms with Crippen molar-refractivity contribution in [3.05, 3.63) is 17.4 Å². The van der Waals surface area contributed by atoms with Crippen LogP contribution in [0.2, 0.25) is 5.02 Å². The van der Waals surface area contributed by atoms with Crippen LogP contribution >= 0.6 is 11.6 Å². The molecule has 1 aromatic rings. The van der Waals surface area contributed by atoms with Gasteiger partial charge in [0.25, 0.3) is 0 Å². The van der Waals surface area contributed by atoms with Gasteiger partial charge in [-0.05, 0) is 25.7 Å². The summed E-state index contributed by atoms with van der Waals surface area (Å²) in [7, 11) is 2.01. The lowest BCUT2D eigenvalue weighted by Gasteiger charge is -2.39. The van der Waals surface area contributed by atoms with Gasteiger partial charge in [0, 0.05) is 32.1 Å². The van der Waals surface area contributed by atoms with Gasteiger partial charge in [-0.25, -0.2) is 9.97 Å². The molecular weight excluding hydrogens is 288 g/mol. The predicted molar refractivity (Wildman–Crippen MR) is 82.4 cm³/mol. The highest BCUT2D eigenvalue weighted by Gasteiger charge is 2.32. The van der Waals surface area contributed by atoms with Crippen LogP contribution in [0.5, 0.6) is 0 Å². The van der Waals surface area contributed by atoms with Crippen molar-refractivity contribution in [2.75, 3.05) is 25.0 Å². The zero-order chi connectivity index (χ0) is 14.8. The Morgan fingerprint density at radius 3 is 2.38 bits per heavy atom. The van der Waals surface area contributed by atoms with Gasteiger partial charge in [0.15, 0.2) is 0 Å². The highest BCUT2D eigenvalue weighted by Crippen LogP contribution is 2.30. The number of amides is 1. The van der Waals surface area contributed by atoms with Crippen molar-refractivity contribution in [1.82, 2.24) is 14.9 Å². The Balaban J connectivity index is 1.55. The number of likely N-dealkylation sites (tertiary alicyclic amines) is 1. The van der Waals surface area contributed by atoms with E-state index in [-0.39, 0.29) is 0 Å². The van der Waals surface area contributed by atoms with E-state index in [0.29, 0.717) is 28.8 Å². The van der Waals surface area contributed by atoms with Crippen LogP contribution in [0.1, 0.15) is 32.1 Å². The standard InChI is InChI=1S/C15H21ClN4O/c1-19(15-17-9-12(16)10-18-15)13-5-7-20(8-6-13)14(21)11-3-2-4-11/h9-11,13H,2-8H2,1H3. The first-order chi connectivity index (χ1) is 10.1. The fourth-order valence-corrected chi connectivity index (χ4v) is 3.14. The number of halogens is 1. The number of piperidine rings is 1. The van der Waals surface area contributed by atoms with Crippen LogP contribution in [0.25, 0.3) is 0 Å². The van der Waals surface area contributed by atoms with Crippen LogP contribution in [0.15, 0.2) is 12.4 Å². The molecule has 0 radical (unpaired) electrons. The summed E-state index contributed by atoms with van der Waals surface area (Å²) in [6.07, 6.45) is 8.56. The highest BCUT2D eigenvalue weighted by atomic mass is 35.5. The van der Waals surface area contributed by atoms with Gasteiger partial charge in [-0.3, -0.25) is 4.79 Å². The number of anilines is 1. The molecule has 2 heterocycles. The molecule has 21 heavy (non-hydrogen) atoms. The van der Waals surface area contributed by atoms with Crippen LogP contribution < -0.4 is 4.90 Å². The fourth-order valence-electron chi connectivity index (χ4n) is 3.04. The second kappa shape index (κ2) is 6.18. The average Bonchev–Trinajstić information content (AvgIpc) is 2.46. The SMILES string of the molecule is CN(c1ncc(Cl)cn1)C1CCN(C(=O)C2CCC2)CC1. The smallest absolute Gasteiger partial charge is 0.225 e. The van der Waals surface area contributed by atoms with Crippen molar-refractivity contribution in [3.63, 3.8) is 0 Å². The molecule has 6 heteroatoms. The Morgan fingerprint density at radius 1 is 1.24 bits per heavy atom. The third-order valence-corrected chi connectivity index (χ3v) is 4.90. The lowest BCUT2D eigenvalue weighted by molar-refractivity contribution is -0.139. The Labute approximate surface area is 130 Å². The van der Waals surface area contributed by atoms with E-state index in [1.165, 1.54) is 6.42 Å². The molecule has 1 aliphatic heterocycles. The summed E-state index contributed by atoms with van der Waals surface area (Å²) in [5.74, 6) is 1.37. The summed E-state index contributed by atoms with van der Waals surface area (Å²) < 4.78 is 0. The predicted octanol–water partition coefficient (Wildman–Crippen LogP) is 2.36. The van der Waals surface area contributed by atoms with Gasteiger partial charge in [0.05, 0.1) is 17.4 Å². The molecule has 1 saturated heterocycles. The largest absolute Gasteiger partial charge is 0.342 e. The molecule has 0 aromatic carbocycles. The van der Waals surface area contributed by atoms with Crippen LogP contribution in [-0.4, -0.2) is 47.0 Å². The van der Waals surface area contributed by atoms with Crippen LogP contribution in [0.3, 0.4) is 0 Å². The van der Waals surface area contributed by atoms with Crippen LogP contribution in [-0.2, 0) is 4.79 Å². The van der Waals surface area contributed by atoms with E-state index in [4.69, 9.17) is 11.6 Å². The number of hydrogen-bond acceptors (Lipinski definition) is 4. The normalized spacial score (nSPS) is 20.2. The van der Waals surface area contributed by atoms with Crippen molar-refractivity contribution in [1.29, 1.82) is 0 Å². The molecule has 0 N–H and O–H groups in total. The number of hydrogen-bond donors (Lipinski definition) is 0. The Hall–Kier alpha value is -1.36. The summed E-state index contributed by atoms with van der Waals surface area (Å²) in [6, 6.07) is 0.386. The highest BCUT2D eigenvalue weighted by molar-refractivity contribution is 6.30. The molecule has 0 bridgehead atoms. The molecule has 1 aliphatic carbocycles. The molecule has 2 fully saturated rings. The number of aromatic nitrogens is 2. The molecule has 2 aliphatic rings. The van der Waals surface area contributed by atoms with Gasteiger partial charge in [0.2, 0.25) is 11.9 Å². The Morgan fingerprint density at radius 2 is 1.86 bits per heavy atom. The van der Waals surface area contributed by atoms with E-state index in [0.717, 1.165) is 38.8 Å². The molecule has 5 nitrogen and oxygen atoms in total. The van der Waals surface area contributed by atoms with Crippen molar-refractivity contribution in [3.8, 4) is 0 Å². The molecule has 1 aromatic heterocycles. The van der Waals surface area contributed by atoms with Crippen LogP contribution in [0, 0.1) is 5.92 Å². The van der Waals surface area contributed by atoms with Crippen molar-refractivity contribution in [2.24, 2.45) is 5.92 Å². The first-order valence-electron chi connectivity index (χ1n) is 7.64. The van der Waals surface area contributed by atoms with E-state index >= 15 is 0 Å². The summed E-state index contributed by atoms with van der Waals surface area (Å²) in [5, 5.41) is 0.549. The summed E-state index contributed by atoms with van der Waals surface area (Å²) >= 11 is 5.82. The molecule has 1 saturated carbocycles. The minimum absolute atomic E-state index is 0.305. The number of carbonyl (C=O) groups is 1. The van der Waals surface area contributed by atoms with Gasteiger partial charge < -0.3 is 9.80 Å². The number of carbonyl (C=O) groups excluding carboxylic acids is 1. The maximum atomic E-state index is 12.2. The molecule has 114 valence electrons. The summed E-state index contributed by atoms with van der Waals surface area (Å²) in [5.41, 5.74) is 0. The first kappa shape index (κ1) is 14.6.